The van der Waals surface area contributed by atoms with E-state index in [4.69, 9.17) is 4.74 Å². The molecule has 2 aliphatic heterocycles. The number of nitrogens with one attached hydrogen (secondary N) is 1. The molecule has 3 aliphatic rings. The van der Waals surface area contributed by atoms with E-state index >= 15 is 0 Å². The molecule has 0 radical (unpaired) electrons. The Labute approximate surface area is 157 Å². The van der Waals surface area contributed by atoms with E-state index in [2.05, 4.69) is 20.1 Å². The molecule has 3 rings (SSSR count). The standard InChI is InChI=1S/C19H35N5O2/c1-22(2)18(25)13-20-19(21-17-5-3-4-6-17)24-10-8-23(9-11-24)14-16-7-12-26-15-16/h16-17H,3-15H2,1-2H3,(H,20,21). The highest BCUT2D eigenvalue weighted by molar-refractivity contribution is 5.85. The van der Waals surface area contributed by atoms with Gasteiger partial charge in [-0.15, -0.1) is 0 Å². The molecule has 1 aliphatic carbocycles. The lowest BCUT2D eigenvalue weighted by molar-refractivity contribution is -0.127. The summed E-state index contributed by atoms with van der Waals surface area (Å²) in [5, 5.41) is 3.63. The number of guanidine groups is 1. The molecule has 3 fully saturated rings. The first-order valence-corrected chi connectivity index (χ1v) is 10.2. The van der Waals surface area contributed by atoms with E-state index in [0.29, 0.717) is 12.0 Å². The van der Waals surface area contributed by atoms with Gasteiger partial charge in [-0.1, -0.05) is 12.8 Å². The maximum atomic E-state index is 12.0. The molecule has 148 valence electrons. The van der Waals surface area contributed by atoms with Crippen LogP contribution in [0.5, 0.6) is 0 Å². The van der Waals surface area contributed by atoms with Crippen molar-refractivity contribution < 1.29 is 9.53 Å². The fraction of sp³-hybridized carbons (Fsp3) is 0.895. The van der Waals surface area contributed by atoms with Gasteiger partial charge in [0.15, 0.2) is 5.96 Å². The number of rotatable bonds is 5. The van der Waals surface area contributed by atoms with Gasteiger partial charge in [0.25, 0.3) is 0 Å². The van der Waals surface area contributed by atoms with Crippen LogP contribution in [0.15, 0.2) is 4.99 Å². The average Bonchev–Trinajstić information content (AvgIpc) is 3.33. The molecule has 2 saturated heterocycles. The van der Waals surface area contributed by atoms with Crippen molar-refractivity contribution >= 4 is 11.9 Å². The van der Waals surface area contributed by atoms with Crippen molar-refractivity contribution in [1.82, 2.24) is 20.0 Å². The second kappa shape index (κ2) is 9.55. The maximum absolute atomic E-state index is 12.0. The lowest BCUT2D eigenvalue weighted by Crippen LogP contribution is -2.54. The Bertz CT molecular complexity index is 476. The third kappa shape index (κ3) is 5.58. The highest BCUT2D eigenvalue weighted by Gasteiger charge is 2.26. The summed E-state index contributed by atoms with van der Waals surface area (Å²) in [4.78, 5) is 23.1. The zero-order valence-electron chi connectivity index (χ0n) is 16.5. The van der Waals surface area contributed by atoms with E-state index in [9.17, 15) is 4.79 Å². The second-order valence-corrected chi connectivity index (χ2v) is 8.07. The largest absolute Gasteiger partial charge is 0.381 e. The van der Waals surface area contributed by atoms with Crippen LogP contribution in [-0.2, 0) is 9.53 Å². The van der Waals surface area contributed by atoms with Crippen molar-refractivity contribution in [2.24, 2.45) is 10.9 Å². The van der Waals surface area contributed by atoms with Crippen molar-refractivity contribution in [3.63, 3.8) is 0 Å². The minimum Gasteiger partial charge on any atom is -0.381 e. The van der Waals surface area contributed by atoms with Crippen molar-refractivity contribution in [2.45, 2.75) is 38.1 Å². The topological polar surface area (TPSA) is 60.4 Å². The van der Waals surface area contributed by atoms with E-state index in [0.717, 1.165) is 51.9 Å². The van der Waals surface area contributed by atoms with Crippen molar-refractivity contribution in [3.8, 4) is 0 Å². The van der Waals surface area contributed by atoms with E-state index in [-0.39, 0.29) is 12.5 Å². The number of nitrogens with zero attached hydrogens (tertiary/aromatic N) is 4. The molecule has 2 heterocycles. The summed E-state index contributed by atoms with van der Waals surface area (Å²) in [7, 11) is 3.57. The first-order valence-electron chi connectivity index (χ1n) is 10.2. The van der Waals surface area contributed by atoms with Crippen LogP contribution >= 0.6 is 0 Å². The Kier molecular flexibility index (Phi) is 7.14. The molecule has 1 saturated carbocycles. The quantitative estimate of drug-likeness (QED) is 0.572. The molecule has 1 N–H and O–H groups in total. The van der Waals surface area contributed by atoms with Crippen LogP contribution in [0.1, 0.15) is 32.1 Å². The monoisotopic (exact) mass is 365 g/mol. The Morgan fingerprint density at radius 1 is 1.15 bits per heavy atom. The maximum Gasteiger partial charge on any atom is 0.243 e. The van der Waals surface area contributed by atoms with Gasteiger partial charge in [0.2, 0.25) is 5.91 Å². The fourth-order valence-corrected chi connectivity index (χ4v) is 4.01. The molecule has 0 spiro atoms. The van der Waals surface area contributed by atoms with Crippen molar-refractivity contribution in [2.75, 3.05) is 66.6 Å². The predicted octanol–water partition coefficient (Wildman–Crippen LogP) is 0.617. The van der Waals surface area contributed by atoms with Crippen LogP contribution in [0, 0.1) is 5.92 Å². The summed E-state index contributed by atoms with van der Waals surface area (Å²) >= 11 is 0. The molecule has 7 nitrogen and oxygen atoms in total. The number of aliphatic imine (C=N–C) groups is 1. The van der Waals surface area contributed by atoms with Gasteiger partial charge >= 0.3 is 0 Å². The fourth-order valence-electron chi connectivity index (χ4n) is 4.01. The lowest BCUT2D eigenvalue weighted by atomic mass is 10.1. The third-order valence-electron chi connectivity index (χ3n) is 5.76. The van der Waals surface area contributed by atoms with Gasteiger partial charge in [-0.05, 0) is 25.2 Å². The number of hydrogen-bond donors (Lipinski definition) is 1. The summed E-state index contributed by atoms with van der Waals surface area (Å²) in [6.45, 7) is 7.28. The number of hydrogen-bond acceptors (Lipinski definition) is 4. The smallest absolute Gasteiger partial charge is 0.243 e. The number of piperazine rings is 1. The molecule has 0 aromatic rings. The lowest BCUT2D eigenvalue weighted by Gasteiger charge is -2.38. The molecule has 26 heavy (non-hydrogen) atoms. The summed E-state index contributed by atoms with van der Waals surface area (Å²) in [6, 6.07) is 0.511. The van der Waals surface area contributed by atoms with Gasteiger partial charge in [0.05, 0.1) is 6.61 Å². The molecule has 0 bridgehead atoms. The predicted molar refractivity (Wildman–Crippen MR) is 103 cm³/mol. The SMILES string of the molecule is CN(C)C(=O)CN=C(NC1CCCC1)N1CCN(CC2CCOC2)CC1. The summed E-state index contributed by atoms with van der Waals surface area (Å²) < 4.78 is 5.50. The van der Waals surface area contributed by atoms with E-state index in [1.165, 1.54) is 32.1 Å². The molecule has 1 atom stereocenters. The van der Waals surface area contributed by atoms with E-state index in [1.54, 1.807) is 19.0 Å². The van der Waals surface area contributed by atoms with Gasteiger partial charge in [-0.3, -0.25) is 9.69 Å². The Balaban J connectivity index is 1.53. The van der Waals surface area contributed by atoms with Crippen LogP contribution in [0.2, 0.25) is 0 Å². The summed E-state index contributed by atoms with van der Waals surface area (Å²) in [5.41, 5.74) is 0. The Morgan fingerprint density at radius 2 is 1.88 bits per heavy atom. The average molecular weight is 366 g/mol. The highest BCUT2D eigenvalue weighted by Crippen LogP contribution is 2.19. The first kappa shape index (κ1) is 19.4. The van der Waals surface area contributed by atoms with Gasteiger partial charge in [0.1, 0.15) is 6.54 Å². The van der Waals surface area contributed by atoms with Crippen LogP contribution in [0.3, 0.4) is 0 Å². The van der Waals surface area contributed by atoms with Crippen LogP contribution in [0.25, 0.3) is 0 Å². The number of ether oxygens (including phenoxy) is 1. The zero-order valence-corrected chi connectivity index (χ0v) is 16.5. The molecule has 0 aromatic heterocycles. The van der Waals surface area contributed by atoms with Gasteiger partial charge < -0.3 is 19.9 Å². The third-order valence-corrected chi connectivity index (χ3v) is 5.76. The second-order valence-electron chi connectivity index (χ2n) is 8.07. The molecule has 1 amide bonds. The molecule has 0 aromatic carbocycles. The van der Waals surface area contributed by atoms with Crippen molar-refractivity contribution in [3.05, 3.63) is 0 Å². The number of amides is 1. The Morgan fingerprint density at radius 3 is 2.50 bits per heavy atom. The van der Waals surface area contributed by atoms with Crippen LogP contribution in [0.4, 0.5) is 0 Å². The van der Waals surface area contributed by atoms with Crippen molar-refractivity contribution in [1.29, 1.82) is 0 Å². The molecule has 1 unspecified atom stereocenters. The Hall–Kier alpha value is -1.34. The minimum atomic E-state index is 0.0515. The number of carbonyl (C=O) groups excluding carboxylic acids is 1. The van der Waals surface area contributed by atoms with Gasteiger partial charge in [-0.2, -0.15) is 0 Å². The van der Waals surface area contributed by atoms with Gasteiger partial charge in [0, 0.05) is 59.5 Å². The van der Waals surface area contributed by atoms with Crippen LogP contribution < -0.4 is 5.32 Å². The normalized spacial score (nSPS) is 25.7. The van der Waals surface area contributed by atoms with Gasteiger partial charge in [-0.25, -0.2) is 4.99 Å². The number of likely N-dealkylation sites (N-methyl/N-ethyl adjacent to an activating group) is 1. The number of carbonyl (C=O) groups is 1. The summed E-state index contributed by atoms with van der Waals surface area (Å²) in [6.07, 6.45) is 6.20. The minimum absolute atomic E-state index is 0.0515. The van der Waals surface area contributed by atoms with Crippen LogP contribution in [-0.4, -0.2) is 99.2 Å². The molecular formula is C19H35N5O2. The zero-order chi connectivity index (χ0) is 18.4. The first-order chi connectivity index (χ1) is 12.6. The molecule has 7 heteroatoms. The highest BCUT2D eigenvalue weighted by atomic mass is 16.5. The summed E-state index contributed by atoms with van der Waals surface area (Å²) in [5.74, 6) is 1.68. The van der Waals surface area contributed by atoms with E-state index < -0.39 is 0 Å². The molecular weight excluding hydrogens is 330 g/mol. The van der Waals surface area contributed by atoms with E-state index in [1.807, 2.05) is 0 Å².